The van der Waals surface area contributed by atoms with Crippen molar-refractivity contribution in [2.45, 2.75) is 99.3 Å². The van der Waals surface area contributed by atoms with Gasteiger partial charge in [-0.2, -0.15) is 0 Å². The molecule has 0 aromatic rings. The van der Waals surface area contributed by atoms with Crippen molar-refractivity contribution in [2.24, 2.45) is 17.8 Å². The number of hydrogen-bond donors (Lipinski definition) is 1. The molecule has 0 aliphatic carbocycles. The van der Waals surface area contributed by atoms with Crippen LogP contribution < -0.4 is 5.32 Å². The van der Waals surface area contributed by atoms with Gasteiger partial charge in [-0.1, -0.05) is 48.0 Å². The molecule has 0 saturated heterocycles. The molecule has 0 aliphatic heterocycles. The maximum atomic E-state index is 12.9. The molecule has 0 aromatic carbocycles. The molecule has 182 valence electrons. The zero-order valence-electron chi connectivity index (χ0n) is 21.1. The summed E-state index contributed by atoms with van der Waals surface area (Å²) in [4.78, 5) is 43.6. The highest BCUT2D eigenvalue weighted by atomic mass is 16.7. The Balaban J connectivity index is 5.62. The number of esters is 1. The highest BCUT2D eigenvalue weighted by Gasteiger charge is 2.34. The molecular formula is C23H44N2O6. The first-order chi connectivity index (χ1) is 14.2. The van der Waals surface area contributed by atoms with E-state index in [4.69, 9.17) is 14.3 Å². The van der Waals surface area contributed by atoms with Crippen LogP contribution in [0.4, 0.5) is 4.79 Å². The number of nitrogens with zero attached hydrogens (tertiary/aromatic N) is 1. The first kappa shape index (κ1) is 29.2. The Morgan fingerprint density at radius 1 is 1.00 bits per heavy atom. The fourth-order valence-electron chi connectivity index (χ4n) is 2.90. The Morgan fingerprint density at radius 2 is 1.58 bits per heavy atom. The number of hydrogen-bond acceptors (Lipinski definition) is 6. The van der Waals surface area contributed by atoms with E-state index < -0.39 is 29.7 Å². The monoisotopic (exact) mass is 444 g/mol. The second-order valence-corrected chi connectivity index (χ2v) is 9.92. The number of methoxy groups -OCH3 is 1. The average Bonchev–Trinajstić information content (AvgIpc) is 2.62. The molecule has 0 spiro atoms. The van der Waals surface area contributed by atoms with Gasteiger partial charge in [0.05, 0.1) is 19.8 Å². The van der Waals surface area contributed by atoms with Gasteiger partial charge in [0.2, 0.25) is 5.91 Å². The van der Waals surface area contributed by atoms with Crippen molar-refractivity contribution in [3.8, 4) is 0 Å². The van der Waals surface area contributed by atoms with Crippen LogP contribution in [0.2, 0.25) is 0 Å². The molecule has 1 N–H and O–H groups in total. The van der Waals surface area contributed by atoms with E-state index in [0.717, 1.165) is 11.5 Å². The average molecular weight is 445 g/mol. The maximum Gasteiger partial charge on any atom is 0.407 e. The quantitative estimate of drug-likeness (QED) is 0.356. The lowest BCUT2D eigenvalue weighted by Crippen LogP contribution is -2.50. The van der Waals surface area contributed by atoms with Crippen LogP contribution in [0, 0.1) is 17.8 Å². The Hall–Kier alpha value is -1.83. The summed E-state index contributed by atoms with van der Waals surface area (Å²) in [6, 6.07) is -1.25. The Morgan fingerprint density at radius 3 is 2.00 bits per heavy atom. The molecule has 2 amide bonds. The van der Waals surface area contributed by atoms with E-state index in [0.29, 0.717) is 6.42 Å². The number of amides is 2. The summed E-state index contributed by atoms with van der Waals surface area (Å²) in [5, 5.41) is 3.99. The first-order valence-corrected chi connectivity index (χ1v) is 11.2. The number of ether oxygens (including phenoxy) is 2. The molecule has 0 rings (SSSR count). The van der Waals surface area contributed by atoms with Crippen molar-refractivity contribution >= 4 is 18.0 Å². The largest absolute Gasteiger partial charge is 0.467 e. The van der Waals surface area contributed by atoms with Crippen molar-refractivity contribution in [3.63, 3.8) is 0 Å². The van der Waals surface area contributed by atoms with Crippen LogP contribution in [0.15, 0.2) is 0 Å². The zero-order chi connectivity index (χ0) is 24.4. The SMILES string of the molecule is CC[C@H](C)C(CON(C(=O)CC(C)C)[C@@H](CC(C)C)C(=O)OC)NC(=O)OC(C)(C)C. The van der Waals surface area contributed by atoms with Crippen LogP contribution in [0.3, 0.4) is 0 Å². The van der Waals surface area contributed by atoms with E-state index >= 15 is 0 Å². The molecule has 0 fully saturated rings. The Kier molecular flexibility index (Phi) is 12.8. The lowest BCUT2D eigenvalue weighted by Gasteiger charge is -2.33. The lowest BCUT2D eigenvalue weighted by molar-refractivity contribution is -0.213. The lowest BCUT2D eigenvalue weighted by atomic mass is 10.00. The number of nitrogens with one attached hydrogen (secondary N) is 1. The maximum absolute atomic E-state index is 12.9. The van der Waals surface area contributed by atoms with E-state index in [9.17, 15) is 14.4 Å². The van der Waals surface area contributed by atoms with E-state index in [2.05, 4.69) is 5.32 Å². The van der Waals surface area contributed by atoms with Crippen molar-refractivity contribution in [2.75, 3.05) is 13.7 Å². The molecule has 0 aliphatic rings. The third-order valence-electron chi connectivity index (χ3n) is 4.71. The molecule has 0 saturated carbocycles. The minimum atomic E-state index is -0.852. The molecule has 0 radical (unpaired) electrons. The van der Waals surface area contributed by atoms with Crippen LogP contribution in [0.1, 0.15) is 81.6 Å². The molecule has 0 heterocycles. The molecule has 8 nitrogen and oxygen atoms in total. The second kappa shape index (κ2) is 13.6. The standard InChI is InChI=1S/C23H44N2O6/c1-11-17(6)18(24-22(28)31-23(7,8)9)14-30-25(20(26)13-16(4)5)19(12-15(2)3)21(27)29-10/h15-19H,11-14H2,1-10H3,(H,24,28)/t17-,18?,19-/m0/s1. The van der Waals surface area contributed by atoms with Crippen LogP contribution in [0.5, 0.6) is 0 Å². The predicted molar refractivity (Wildman–Crippen MR) is 120 cm³/mol. The fourth-order valence-corrected chi connectivity index (χ4v) is 2.90. The highest BCUT2D eigenvalue weighted by Crippen LogP contribution is 2.19. The number of carbonyl (C=O) groups is 3. The van der Waals surface area contributed by atoms with Gasteiger partial charge in [-0.15, -0.1) is 0 Å². The van der Waals surface area contributed by atoms with Gasteiger partial charge in [0, 0.05) is 6.42 Å². The highest BCUT2D eigenvalue weighted by molar-refractivity contribution is 5.83. The van der Waals surface area contributed by atoms with Crippen LogP contribution in [-0.2, 0) is 23.9 Å². The normalized spacial score (nSPS) is 14.7. The van der Waals surface area contributed by atoms with Gasteiger partial charge in [-0.05, 0) is 44.9 Å². The van der Waals surface area contributed by atoms with Crippen molar-refractivity contribution in [1.29, 1.82) is 0 Å². The van der Waals surface area contributed by atoms with Crippen molar-refractivity contribution in [3.05, 3.63) is 0 Å². The number of carbonyl (C=O) groups excluding carboxylic acids is 3. The summed E-state index contributed by atoms with van der Waals surface area (Å²) in [7, 11) is 1.30. The Bertz CT molecular complexity index is 571. The summed E-state index contributed by atoms with van der Waals surface area (Å²) in [6.45, 7) is 17.2. The topological polar surface area (TPSA) is 94.2 Å². The zero-order valence-corrected chi connectivity index (χ0v) is 21.1. The van der Waals surface area contributed by atoms with Gasteiger partial charge in [-0.3, -0.25) is 9.63 Å². The molecule has 3 atom stereocenters. The molecule has 8 heteroatoms. The van der Waals surface area contributed by atoms with Gasteiger partial charge in [-0.25, -0.2) is 14.7 Å². The second-order valence-electron chi connectivity index (χ2n) is 9.92. The Labute approximate surface area is 188 Å². The van der Waals surface area contributed by atoms with Gasteiger partial charge < -0.3 is 14.8 Å². The summed E-state index contributed by atoms with van der Waals surface area (Å²) >= 11 is 0. The summed E-state index contributed by atoms with van der Waals surface area (Å²) in [5.74, 6) is -0.498. The van der Waals surface area contributed by atoms with E-state index in [1.165, 1.54) is 7.11 Å². The fraction of sp³-hybridized carbons (Fsp3) is 0.870. The molecule has 31 heavy (non-hydrogen) atoms. The molecule has 1 unspecified atom stereocenters. The van der Waals surface area contributed by atoms with E-state index in [1.807, 2.05) is 41.5 Å². The summed E-state index contributed by atoms with van der Waals surface area (Å²) in [5.41, 5.74) is -0.628. The predicted octanol–water partition coefficient (Wildman–Crippen LogP) is 4.32. The summed E-state index contributed by atoms with van der Waals surface area (Å²) < 4.78 is 10.3. The van der Waals surface area contributed by atoms with Gasteiger partial charge in [0.25, 0.3) is 0 Å². The number of hydroxylamine groups is 2. The van der Waals surface area contributed by atoms with Crippen LogP contribution in [-0.4, -0.2) is 54.4 Å². The van der Waals surface area contributed by atoms with Crippen LogP contribution in [0.25, 0.3) is 0 Å². The molecular weight excluding hydrogens is 400 g/mol. The number of alkyl carbamates (subject to hydrolysis) is 1. The van der Waals surface area contributed by atoms with Crippen molar-refractivity contribution in [1.82, 2.24) is 10.4 Å². The smallest absolute Gasteiger partial charge is 0.407 e. The summed E-state index contributed by atoms with van der Waals surface area (Å²) in [6.07, 6.45) is 0.882. The minimum absolute atomic E-state index is 0.0314. The number of rotatable bonds is 12. The van der Waals surface area contributed by atoms with E-state index in [1.54, 1.807) is 20.8 Å². The molecule has 0 bridgehead atoms. The van der Waals surface area contributed by atoms with Gasteiger partial charge in [0.15, 0.2) is 6.04 Å². The van der Waals surface area contributed by atoms with E-state index in [-0.39, 0.29) is 36.7 Å². The third kappa shape index (κ3) is 12.0. The first-order valence-electron chi connectivity index (χ1n) is 11.2. The molecule has 0 aromatic heterocycles. The van der Waals surface area contributed by atoms with Crippen molar-refractivity contribution < 1.29 is 28.7 Å². The van der Waals surface area contributed by atoms with Gasteiger partial charge in [0.1, 0.15) is 5.60 Å². The van der Waals surface area contributed by atoms with Gasteiger partial charge >= 0.3 is 12.1 Å². The third-order valence-corrected chi connectivity index (χ3v) is 4.71. The van der Waals surface area contributed by atoms with Crippen LogP contribution >= 0.6 is 0 Å². The minimum Gasteiger partial charge on any atom is -0.467 e.